The molecular weight excluding hydrogens is 280 g/mol. The average molecular weight is 312 g/mol. The van der Waals surface area contributed by atoms with Crippen molar-refractivity contribution in [1.82, 2.24) is 0 Å². The second kappa shape index (κ2) is 9.78. The summed E-state index contributed by atoms with van der Waals surface area (Å²) < 4.78 is 5.39. The van der Waals surface area contributed by atoms with E-state index in [1.807, 2.05) is 6.08 Å². The van der Waals surface area contributed by atoms with Gasteiger partial charge in [0.2, 0.25) is 0 Å². The highest BCUT2D eigenvalue weighted by atomic mass is 16.5. The summed E-state index contributed by atoms with van der Waals surface area (Å²) in [6, 6.07) is 0. The molecule has 1 N–H and O–H groups in total. The molecule has 0 rings (SSSR count). The molecule has 0 fully saturated rings. The van der Waals surface area contributed by atoms with Crippen LogP contribution in [0.5, 0.6) is 0 Å². The van der Waals surface area contributed by atoms with Crippen LogP contribution in [-0.2, 0) is 14.3 Å². The molecule has 0 aromatic rings. The molecule has 22 heavy (non-hydrogen) atoms. The Kier molecular flexibility index (Phi) is 9.26. The van der Waals surface area contributed by atoms with Crippen LogP contribution >= 0.6 is 0 Å². The number of allylic oxidation sites excluding steroid dienone is 2. The number of hydrogen-bond acceptors (Lipinski definition) is 3. The van der Waals surface area contributed by atoms with Crippen LogP contribution in [0.4, 0.5) is 0 Å². The monoisotopic (exact) mass is 312 g/mol. The van der Waals surface area contributed by atoms with Crippen LogP contribution in [0, 0.1) is 17.8 Å². The lowest BCUT2D eigenvalue weighted by Gasteiger charge is -2.23. The topological polar surface area (TPSA) is 63.6 Å². The van der Waals surface area contributed by atoms with Crippen molar-refractivity contribution in [3.8, 4) is 0 Å². The molecule has 0 bridgehead atoms. The minimum Gasteiger partial charge on any atom is -0.481 e. The van der Waals surface area contributed by atoms with E-state index in [0.29, 0.717) is 5.92 Å². The Morgan fingerprint density at radius 1 is 1.23 bits per heavy atom. The SMILES string of the molecule is COC(C)(C)CCCC(C)CC=CC(=O)C(C(=O)O)C(C)C. The first kappa shape index (κ1) is 20.8. The standard InChI is InChI=1S/C18H32O4/c1-13(2)16(17(20)21)15(19)11-7-9-14(3)10-8-12-18(4,5)22-6/h7,11,13-14,16H,8-10,12H2,1-6H3,(H,20,21). The molecule has 0 saturated carbocycles. The number of rotatable bonds is 11. The number of carbonyl (C=O) groups excluding carboxylic acids is 1. The van der Waals surface area contributed by atoms with Gasteiger partial charge in [-0.3, -0.25) is 9.59 Å². The van der Waals surface area contributed by atoms with Crippen molar-refractivity contribution in [3.63, 3.8) is 0 Å². The Bertz CT molecular complexity index is 383. The first-order valence-electron chi connectivity index (χ1n) is 8.09. The molecule has 4 heteroatoms. The second-order valence-electron chi connectivity index (χ2n) is 7.06. The lowest BCUT2D eigenvalue weighted by molar-refractivity contribution is -0.146. The second-order valence-corrected chi connectivity index (χ2v) is 7.06. The van der Waals surface area contributed by atoms with Gasteiger partial charge in [0.1, 0.15) is 5.92 Å². The molecule has 0 heterocycles. The summed E-state index contributed by atoms with van der Waals surface area (Å²) >= 11 is 0. The van der Waals surface area contributed by atoms with Crippen LogP contribution in [0.15, 0.2) is 12.2 Å². The van der Waals surface area contributed by atoms with Gasteiger partial charge < -0.3 is 9.84 Å². The third kappa shape index (κ3) is 8.32. The highest BCUT2D eigenvalue weighted by Crippen LogP contribution is 2.21. The Morgan fingerprint density at radius 3 is 2.27 bits per heavy atom. The van der Waals surface area contributed by atoms with Crippen LogP contribution in [0.2, 0.25) is 0 Å². The number of hydrogen-bond donors (Lipinski definition) is 1. The molecule has 2 unspecified atom stereocenters. The third-order valence-electron chi connectivity index (χ3n) is 4.09. The number of ketones is 1. The number of ether oxygens (including phenoxy) is 1. The Hall–Kier alpha value is -1.16. The van der Waals surface area contributed by atoms with Gasteiger partial charge in [0, 0.05) is 7.11 Å². The van der Waals surface area contributed by atoms with Crippen molar-refractivity contribution in [3.05, 3.63) is 12.2 Å². The van der Waals surface area contributed by atoms with E-state index in [2.05, 4.69) is 20.8 Å². The fourth-order valence-electron chi connectivity index (χ4n) is 2.35. The van der Waals surface area contributed by atoms with Crippen LogP contribution in [-0.4, -0.2) is 29.6 Å². The van der Waals surface area contributed by atoms with Crippen molar-refractivity contribution in [2.45, 2.75) is 65.9 Å². The molecule has 0 aliphatic carbocycles. The van der Waals surface area contributed by atoms with Crippen molar-refractivity contribution < 1.29 is 19.4 Å². The summed E-state index contributed by atoms with van der Waals surface area (Å²) in [7, 11) is 1.73. The van der Waals surface area contributed by atoms with Gasteiger partial charge in [-0.1, -0.05) is 39.7 Å². The van der Waals surface area contributed by atoms with Gasteiger partial charge in [-0.2, -0.15) is 0 Å². The van der Waals surface area contributed by atoms with Crippen molar-refractivity contribution in [2.75, 3.05) is 7.11 Å². The zero-order valence-electron chi connectivity index (χ0n) is 14.9. The maximum absolute atomic E-state index is 11.9. The molecule has 0 aromatic heterocycles. The molecule has 0 amide bonds. The van der Waals surface area contributed by atoms with E-state index in [1.54, 1.807) is 21.0 Å². The van der Waals surface area contributed by atoms with Gasteiger partial charge in [0.15, 0.2) is 5.78 Å². The number of carboxylic acid groups (broad SMARTS) is 1. The van der Waals surface area contributed by atoms with Gasteiger partial charge in [-0.25, -0.2) is 0 Å². The number of carboxylic acids is 1. The van der Waals surface area contributed by atoms with Crippen molar-refractivity contribution in [2.24, 2.45) is 17.8 Å². The molecule has 0 radical (unpaired) electrons. The van der Waals surface area contributed by atoms with Crippen molar-refractivity contribution in [1.29, 1.82) is 0 Å². The summed E-state index contributed by atoms with van der Waals surface area (Å²) in [6.07, 6.45) is 7.20. The lowest BCUT2D eigenvalue weighted by Crippen LogP contribution is -2.27. The highest BCUT2D eigenvalue weighted by Gasteiger charge is 2.27. The Labute approximate surface area is 134 Å². The Balaban J connectivity index is 4.21. The van der Waals surface area contributed by atoms with Crippen LogP contribution in [0.3, 0.4) is 0 Å². The fourth-order valence-corrected chi connectivity index (χ4v) is 2.35. The number of methoxy groups -OCH3 is 1. The highest BCUT2D eigenvalue weighted by molar-refractivity contribution is 6.04. The largest absolute Gasteiger partial charge is 0.481 e. The zero-order chi connectivity index (χ0) is 17.3. The zero-order valence-corrected chi connectivity index (χ0v) is 14.9. The van der Waals surface area contributed by atoms with Crippen LogP contribution in [0.1, 0.15) is 60.3 Å². The molecule has 0 spiro atoms. The first-order chi connectivity index (χ1) is 10.1. The van der Waals surface area contributed by atoms with E-state index in [9.17, 15) is 9.59 Å². The maximum Gasteiger partial charge on any atom is 0.314 e. The van der Waals surface area contributed by atoms with Crippen LogP contribution < -0.4 is 0 Å². The summed E-state index contributed by atoms with van der Waals surface area (Å²) in [6.45, 7) is 9.81. The van der Waals surface area contributed by atoms with Crippen molar-refractivity contribution >= 4 is 11.8 Å². The Morgan fingerprint density at radius 2 is 1.82 bits per heavy atom. The fraction of sp³-hybridized carbons (Fsp3) is 0.778. The van der Waals surface area contributed by atoms with E-state index in [-0.39, 0.29) is 17.3 Å². The minimum atomic E-state index is -1.04. The van der Waals surface area contributed by atoms with Gasteiger partial charge in [-0.15, -0.1) is 0 Å². The molecule has 0 aliphatic heterocycles. The summed E-state index contributed by atoms with van der Waals surface area (Å²) in [4.78, 5) is 23.0. The molecule has 128 valence electrons. The van der Waals surface area contributed by atoms with Gasteiger partial charge in [0.25, 0.3) is 0 Å². The minimum absolute atomic E-state index is 0.0858. The van der Waals surface area contributed by atoms with E-state index in [4.69, 9.17) is 9.84 Å². The molecule has 0 aromatic carbocycles. The molecule has 0 aliphatic rings. The smallest absolute Gasteiger partial charge is 0.314 e. The van der Waals surface area contributed by atoms with Gasteiger partial charge in [-0.05, 0) is 44.6 Å². The lowest BCUT2D eigenvalue weighted by atomic mass is 9.90. The van der Waals surface area contributed by atoms with Crippen LogP contribution in [0.25, 0.3) is 0 Å². The number of carbonyl (C=O) groups is 2. The normalized spacial score (nSPS) is 15.2. The van der Waals surface area contributed by atoms with E-state index >= 15 is 0 Å². The third-order valence-corrected chi connectivity index (χ3v) is 4.09. The maximum atomic E-state index is 11.9. The quantitative estimate of drug-likeness (QED) is 0.461. The first-order valence-corrected chi connectivity index (χ1v) is 8.09. The molecule has 2 atom stereocenters. The van der Waals surface area contributed by atoms with E-state index < -0.39 is 11.9 Å². The molecule has 4 nitrogen and oxygen atoms in total. The van der Waals surface area contributed by atoms with E-state index in [1.165, 1.54) is 6.08 Å². The summed E-state index contributed by atoms with van der Waals surface area (Å²) in [5.74, 6) is -2.01. The average Bonchev–Trinajstić information content (AvgIpc) is 2.37. The summed E-state index contributed by atoms with van der Waals surface area (Å²) in [5.41, 5.74) is -0.0858. The number of aliphatic carboxylic acids is 1. The van der Waals surface area contributed by atoms with Gasteiger partial charge >= 0.3 is 5.97 Å². The predicted molar refractivity (Wildman–Crippen MR) is 88.8 cm³/mol. The van der Waals surface area contributed by atoms with E-state index in [0.717, 1.165) is 25.7 Å². The predicted octanol–water partition coefficient (Wildman–Crippen LogP) is 4.09. The molecule has 0 saturated heterocycles. The molecular formula is C18H32O4. The van der Waals surface area contributed by atoms with Gasteiger partial charge in [0.05, 0.1) is 5.60 Å². The summed E-state index contributed by atoms with van der Waals surface area (Å²) in [5, 5.41) is 9.07.